The van der Waals surface area contributed by atoms with Gasteiger partial charge in [-0.15, -0.1) is 11.8 Å². The van der Waals surface area contributed by atoms with E-state index in [-0.39, 0.29) is 17.1 Å². The molecule has 0 aliphatic carbocycles. The molecule has 0 aliphatic rings. The lowest BCUT2D eigenvalue weighted by atomic mass is 10.2. The third-order valence-electron chi connectivity index (χ3n) is 3.70. The molecule has 150 valence electrons. The molecule has 0 bridgehead atoms. The zero-order chi connectivity index (χ0) is 20.9. The van der Waals surface area contributed by atoms with Crippen molar-refractivity contribution in [1.29, 1.82) is 0 Å². The Hall–Kier alpha value is -2.79. The van der Waals surface area contributed by atoms with Crippen LogP contribution in [0.25, 0.3) is 0 Å². The lowest BCUT2D eigenvalue weighted by molar-refractivity contribution is -0.384. The topological polar surface area (TPSA) is 119 Å². The molecular weight excluding hydrogens is 406 g/mol. The maximum Gasteiger partial charge on any atom is 0.271 e. The Bertz CT molecular complexity index is 994. The highest BCUT2D eigenvalue weighted by molar-refractivity contribution is 7.98. The summed E-state index contributed by atoms with van der Waals surface area (Å²) in [5, 5.41) is 13.4. The van der Waals surface area contributed by atoms with Gasteiger partial charge < -0.3 is 10.1 Å². The second kappa shape index (κ2) is 8.93. The summed E-state index contributed by atoms with van der Waals surface area (Å²) in [6.07, 6.45) is 2.85. The van der Waals surface area contributed by atoms with Crippen LogP contribution in [0.5, 0.6) is 5.75 Å². The molecule has 11 heteroatoms. The number of carbonyl (C=O) groups is 1. The van der Waals surface area contributed by atoms with Crippen molar-refractivity contribution < 1.29 is 22.9 Å². The maximum atomic E-state index is 12.5. The van der Waals surface area contributed by atoms with Gasteiger partial charge >= 0.3 is 0 Å². The van der Waals surface area contributed by atoms with Crippen molar-refractivity contribution in [3.63, 3.8) is 0 Å². The van der Waals surface area contributed by atoms with Crippen LogP contribution in [0, 0.1) is 10.1 Å². The highest BCUT2D eigenvalue weighted by Gasteiger charge is 2.22. The van der Waals surface area contributed by atoms with E-state index in [0.29, 0.717) is 5.69 Å². The fraction of sp³-hybridized carbons (Fsp3) is 0.235. The van der Waals surface area contributed by atoms with E-state index in [2.05, 4.69) is 5.32 Å². The first-order valence-corrected chi connectivity index (χ1v) is 11.0. The van der Waals surface area contributed by atoms with E-state index in [0.717, 1.165) is 21.5 Å². The van der Waals surface area contributed by atoms with Gasteiger partial charge in [0.2, 0.25) is 15.9 Å². The van der Waals surface area contributed by atoms with E-state index in [9.17, 15) is 23.3 Å². The van der Waals surface area contributed by atoms with Crippen molar-refractivity contribution in [2.75, 3.05) is 35.8 Å². The molecule has 2 aromatic rings. The maximum absolute atomic E-state index is 12.5. The van der Waals surface area contributed by atoms with Gasteiger partial charge in [-0.2, -0.15) is 0 Å². The zero-order valence-corrected chi connectivity index (χ0v) is 17.0. The highest BCUT2D eigenvalue weighted by atomic mass is 32.2. The van der Waals surface area contributed by atoms with Gasteiger partial charge in [-0.1, -0.05) is 6.07 Å². The zero-order valence-electron chi connectivity index (χ0n) is 15.4. The number of benzene rings is 2. The summed E-state index contributed by atoms with van der Waals surface area (Å²) >= 11 is 1.44. The number of sulfonamides is 1. The summed E-state index contributed by atoms with van der Waals surface area (Å²) in [6, 6.07) is 10.5. The van der Waals surface area contributed by atoms with Crippen LogP contribution in [0.15, 0.2) is 47.4 Å². The fourth-order valence-electron chi connectivity index (χ4n) is 2.39. The lowest BCUT2D eigenvalue weighted by Gasteiger charge is -2.22. The number of rotatable bonds is 8. The van der Waals surface area contributed by atoms with Crippen LogP contribution in [0.1, 0.15) is 0 Å². The Morgan fingerprint density at radius 1 is 1.29 bits per heavy atom. The summed E-state index contributed by atoms with van der Waals surface area (Å²) in [5.74, 6) is -0.451. The standard InChI is InChI=1S/C17H19N3O6S2/c1-26-16-8-7-13(20(22)23)10-15(16)18-17(21)11-19(28(3,24)25)12-5-4-6-14(9-12)27-2/h4-10H,11H2,1-3H3,(H,18,21). The third-order valence-corrected chi connectivity index (χ3v) is 5.56. The molecule has 0 heterocycles. The number of carbonyl (C=O) groups excluding carboxylic acids is 1. The summed E-state index contributed by atoms with van der Waals surface area (Å²) in [5.41, 5.74) is 0.187. The molecule has 0 aliphatic heterocycles. The Morgan fingerprint density at radius 2 is 2.00 bits per heavy atom. The molecule has 0 aromatic heterocycles. The number of thioether (sulfide) groups is 1. The largest absolute Gasteiger partial charge is 0.495 e. The molecule has 2 aromatic carbocycles. The number of methoxy groups -OCH3 is 1. The Kier molecular flexibility index (Phi) is 6.86. The molecule has 28 heavy (non-hydrogen) atoms. The average Bonchev–Trinajstić information content (AvgIpc) is 2.65. The van der Waals surface area contributed by atoms with Gasteiger partial charge in [0, 0.05) is 17.0 Å². The van der Waals surface area contributed by atoms with Gasteiger partial charge in [-0.05, 0) is 30.5 Å². The minimum absolute atomic E-state index is 0.0769. The van der Waals surface area contributed by atoms with Crippen LogP contribution >= 0.6 is 11.8 Å². The quantitative estimate of drug-likeness (QED) is 0.392. The van der Waals surface area contributed by atoms with Crippen LogP contribution in [0.4, 0.5) is 17.1 Å². The first-order chi connectivity index (χ1) is 13.2. The minimum Gasteiger partial charge on any atom is -0.495 e. The van der Waals surface area contributed by atoms with Gasteiger partial charge in [-0.3, -0.25) is 19.2 Å². The lowest BCUT2D eigenvalue weighted by Crippen LogP contribution is -2.37. The normalized spacial score (nSPS) is 11.0. The van der Waals surface area contributed by atoms with E-state index >= 15 is 0 Å². The number of non-ortho nitro benzene ring substituents is 1. The van der Waals surface area contributed by atoms with E-state index in [1.165, 1.54) is 31.0 Å². The van der Waals surface area contributed by atoms with Crippen LogP contribution in [0.3, 0.4) is 0 Å². The van der Waals surface area contributed by atoms with Gasteiger partial charge in [0.25, 0.3) is 5.69 Å². The Balaban J connectivity index is 2.30. The van der Waals surface area contributed by atoms with Crippen molar-refractivity contribution in [2.45, 2.75) is 4.90 Å². The second-order valence-electron chi connectivity index (χ2n) is 5.66. The number of hydrogen-bond donors (Lipinski definition) is 1. The monoisotopic (exact) mass is 425 g/mol. The molecule has 0 atom stereocenters. The summed E-state index contributed by atoms with van der Waals surface area (Å²) < 4.78 is 30.5. The number of nitro benzene ring substituents is 1. The molecule has 0 spiro atoms. The summed E-state index contributed by atoms with van der Waals surface area (Å²) in [6.45, 7) is -0.498. The fourth-order valence-corrected chi connectivity index (χ4v) is 3.69. The molecular formula is C17H19N3O6S2. The molecule has 0 saturated carbocycles. The number of hydrogen-bond acceptors (Lipinski definition) is 7. The number of ether oxygens (including phenoxy) is 1. The van der Waals surface area contributed by atoms with Crippen LogP contribution < -0.4 is 14.4 Å². The first-order valence-electron chi connectivity index (χ1n) is 7.89. The number of nitrogens with one attached hydrogen (secondary N) is 1. The number of nitro groups is 1. The Morgan fingerprint density at radius 3 is 2.57 bits per heavy atom. The van der Waals surface area contributed by atoms with Crippen molar-refractivity contribution >= 4 is 44.8 Å². The van der Waals surface area contributed by atoms with Crippen molar-refractivity contribution in [3.05, 3.63) is 52.6 Å². The minimum atomic E-state index is -3.74. The highest BCUT2D eigenvalue weighted by Crippen LogP contribution is 2.29. The van der Waals surface area contributed by atoms with Crippen molar-refractivity contribution in [3.8, 4) is 5.75 Å². The summed E-state index contributed by atoms with van der Waals surface area (Å²) in [4.78, 5) is 23.7. The smallest absolute Gasteiger partial charge is 0.271 e. The molecule has 1 N–H and O–H groups in total. The molecule has 1 amide bonds. The van der Waals surface area contributed by atoms with E-state index in [1.54, 1.807) is 18.2 Å². The number of nitrogens with zero attached hydrogens (tertiary/aromatic N) is 2. The van der Waals surface area contributed by atoms with Crippen LogP contribution in [-0.2, 0) is 14.8 Å². The van der Waals surface area contributed by atoms with Gasteiger partial charge in [0.1, 0.15) is 12.3 Å². The molecule has 0 fully saturated rings. The van der Waals surface area contributed by atoms with Crippen LogP contribution in [0.2, 0.25) is 0 Å². The predicted octanol–water partition coefficient (Wildman–Crippen LogP) is 2.73. The molecule has 0 saturated heterocycles. The molecule has 0 radical (unpaired) electrons. The van der Waals surface area contributed by atoms with E-state index in [4.69, 9.17) is 4.74 Å². The van der Waals surface area contributed by atoms with Gasteiger partial charge in [-0.25, -0.2) is 8.42 Å². The van der Waals surface area contributed by atoms with E-state index in [1.807, 2.05) is 12.3 Å². The van der Waals surface area contributed by atoms with Gasteiger partial charge in [0.05, 0.1) is 29.7 Å². The molecule has 9 nitrogen and oxygen atoms in total. The van der Waals surface area contributed by atoms with Gasteiger partial charge in [0.15, 0.2) is 0 Å². The van der Waals surface area contributed by atoms with Crippen LogP contribution in [-0.4, -0.2) is 45.4 Å². The molecule has 2 rings (SSSR count). The number of anilines is 2. The summed E-state index contributed by atoms with van der Waals surface area (Å²) in [7, 11) is -2.39. The second-order valence-corrected chi connectivity index (χ2v) is 8.45. The van der Waals surface area contributed by atoms with Crippen molar-refractivity contribution in [1.82, 2.24) is 0 Å². The average molecular weight is 425 g/mol. The van der Waals surface area contributed by atoms with Crippen molar-refractivity contribution in [2.24, 2.45) is 0 Å². The predicted molar refractivity (Wildman–Crippen MR) is 109 cm³/mol. The molecule has 0 unspecified atom stereocenters. The van der Waals surface area contributed by atoms with E-state index < -0.39 is 27.4 Å². The first kappa shape index (κ1) is 21.5. The third kappa shape index (κ3) is 5.36. The Labute approximate surface area is 166 Å². The SMILES string of the molecule is COc1ccc([N+](=O)[O-])cc1NC(=O)CN(c1cccc(SC)c1)S(C)(=O)=O. The number of amides is 1.